The van der Waals surface area contributed by atoms with Crippen molar-refractivity contribution in [2.45, 2.75) is 44.9 Å². The fraction of sp³-hybridized carbons (Fsp3) is 0.714. The van der Waals surface area contributed by atoms with Crippen LogP contribution in [0.1, 0.15) is 50.8 Å². The highest BCUT2D eigenvalue weighted by Crippen LogP contribution is 2.39. The molecule has 1 saturated carbocycles. The normalized spacial score (nSPS) is 20.6. The molecule has 3 N–H and O–H groups in total. The van der Waals surface area contributed by atoms with Gasteiger partial charge in [-0.15, -0.1) is 0 Å². The lowest BCUT2D eigenvalue weighted by atomic mass is 9.94. The Kier molecular flexibility index (Phi) is 3.55. The molecule has 0 amide bonds. The maximum atomic E-state index is 5.52. The van der Waals surface area contributed by atoms with E-state index in [0.717, 1.165) is 36.5 Å². The summed E-state index contributed by atoms with van der Waals surface area (Å²) < 4.78 is 0. The first-order chi connectivity index (χ1) is 9.30. The van der Waals surface area contributed by atoms with E-state index < -0.39 is 0 Å². The standard InChI is InChI=1S/C14H23N5/c1-2-10-5-7-19(8-6-10)13-9-12(18-15)16-14(17-13)11-3-4-11/h9-11H,2-8,15H2,1H3,(H,16,17,18). The van der Waals surface area contributed by atoms with Gasteiger partial charge in [-0.25, -0.2) is 15.8 Å². The lowest BCUT2D eigenvalue weighted by molar-refractivity contribution is 0.393. The van der Waals surface area contributed by atoms with Crippen LogP contribution in [0.4, 0.5) is 11.6 Å². The number of hydrazine groups is 1. The summed E-state index contributed by atoms with van der Waals surface area (Å²) in [4.78, 5) is 11.6. The molecule has 2 fully saturated rings. The third-order valence-electron chi connectivity index (χ3n) is 4.34. The van der Waals surface area contributed by atoms with E-state index in [2.05, 4.69) is 22.2 Å². The van der Waals surface area contributed by atoms with Crippen molar-refractivity contribution in [2.24, 2.45) is 11.8 Å². The molecule has 3 rings (SSSR count). The van der Waals surface area contributed by atoms with Crippen LogP contribution in [-0.2, 0) is 0 Å². The van der Waals surface area contributed by atoms with Crippen molar-refractivity contribution in [2.75, 3.05) is 23.4 Å². The monoisotopic (exact) mass is 261 g/mol. The van der Waals surface area contributed by atoms with Crippen molar-refractivity contribution in [1.82, 2.24) is 9.97 Å². The molecule has 1 aliphatic carbocycles. The molecule has 0 bridgehead atoms. The SMILES string of the molecule is CCC1CCN(c2cc(NN)nc(C3CC3)n2)CC1. The van der Waals surface area contributed by atoms with E-state index in [9.17, 15) is 0 Å². The molecule has 2 aliphatic rings. The Morgan fingerprint density at radius 3 is 2.58 bits per heavy atom. The quantitative estimate of drug-likeness (QED) is 0.643. The van der Waals surface area contributed by atoms with Gasteiger partial charge in [0.25, 0.3) is 0 Å². The van der Waals surface area contributed by atoms with Crippen LogP contribution in [0, 0.1) is 5.92 Å². The predicted octanol–water partition coefficient (Wildman–Crippen LogP) is 2.27. The highest BCUT2D eigenvalue weighted by molar-refractivity contribution is 5.49. The Labute approximate surface area is 114 Å². The van der Waals surface area contributed by atoms with Crippen molar-refractivity contribution in [3.63, 3.8) is 0 Å². The van der Waals surface area contributed by atoms with E-state index >= 15 is 0 Å². The molecule has 1 aromatic heterocycles. The van der Waals surface area contributed by atoms with Crippen LogP contribution in [0.3, 0.4) is 0 Å². The Bertz CT molecular complexity index is 435. The van der Waals surface area contributed by atoms with Crippen LogP contribution >= 0.6 is 0 Å². The minimum Gasteiger partial charge on any atom is -0.356 e. The topological polar surface area (TPSA) is 67.1 Å². The zero-order valence-electron chi connectivity index (χ0n) is 11.6. The lowest BCUT2D eigenvalue weighted by Gasteiger charge is -2.32. The summed E-state index contributed by atoms with van der Waals surface area (Å²) >= 11 is 0. The molecule has 2 heterocycles. The summed E-state index contributed by atoms with van der Waals surface area (Å²) in [6.07, 6.45) is 6.26. The number of nitrogens with zero attached hydrogens (tertiary/aromatic N) is 3. The van der Waals surface area contributed by atoms with Crippen molar-refractivity contribution >= 4 is 11.6 Å². The Morgan fingerprint density at radius 2 is 2.00 bits per heavy atom. The van der Waals surface area contributed by atoms with Gasteiger partial charge in [0.2, 0.25) is 0 Å². The Hall–Kier alpha value is -1.36. The maximum absolute atomic E-state index is 5.52. The van der Waals surface area contributed by atoms with Crippen molar-refractivity contribution in [3.8, 4) is 0 Å². The van der Waals surface area contributed by atoms with Gasteiger partial charge >= 0.3 is 0 Å². The van der Waals surface area contributed by atoms with Crippen molar-refractivity contribution in [1.29, 1.82) is 0 Å². The van der Waals surface area contributed by atoms with Gasteiger partial charge in [-0.3, -0.25) is 0 Å². The van der Waals surface area contributed by atoms with E-state index in [0.29, 0.717) is 5.92 Å². The smallest absolute Gasteiger partial charge is 0.145 e. The molecular formula is C14H23N5. The number of hydrogen-bond acceptors (Lipinski definition) is 5. The highest BCUT2D eigenvalue weighted by atomic mass is 15.3. The third kappa shape index (κ3) is 2.81. The number of piperidine rings is 1. The van der Waals surface area contributed by atoms with Crippen LogP contribution < -0.4 is 16.2 Å². The Balaban J connectivity index is 1.77. The number of rotatable bonds is 4. The molecule has 1 saturated heterocycles. The summed E-state index contributed by atoms with van der Waals surface area (Å²) in [7, 11) is 0. The number of hydrogen-bond donors (Lipinski definition) is 2. The van der Waals surface area contributed by atoms with Gasteiger partial charge in [0.1, 0.15) is 17.5 Å². The van der Waals surface area contributed by atoms with Gasteiger partial charge in [0.05, 0.1) is 0 Å². The van der Waals surface area contributed by atoms with Crippen LogP contribution in [0.2, 0.25) is 0 Å². The maximum Gasteiger partial charge on any atom is 0.145 e. The van der Waals surface area contributed by atoms with Crippen molar-refractivity contribution in [3.05, 3.63) is 11.9 Å². The zero-order valence-corrected chi connectivity index (χ0v) is 11.6. The molecule has 0 spiro atoms. The average Bonchev–Trinajstić information content (AvgIpc) is 3.31. The largest absolute Gasteiger partial charge is 0.356 e. The molecule has 0 unspecified atom stereocenters. The molecule has 5 heteroatoms. The van der Waals surface area contributed by atoms with Gasteiger partial charge < -0.3 is 10.3 Å². The molecule has 0 radical (unpaired) electrons. The Morgan fingerprint density at radius 1 is 1.26 bits per heavy atom. The molecule has 0 atom stereocenters. The molecule has 5 nitrogen and oxygen atoms in total. The number of nitrogens with one attached hydrogen (secondary N) is 1. The number of nitrogens with two attached hydrogens (primary N) is 1. The summed E-state index contributed by atoms with van der Waals surface area (Å²) in [5.74, 6) is 9.70. The summed E-state index contributed by atoms with van der Waals surface area (Å²) in [6.45, 7) is 4.49. The molecule has 19 heavy (non-hydrogen) atoms. The van der Waals surface area contributed by atoms with E-state index in [1.165, 1.54) is 32.1 Å². The van der Waals surface area contributed by atoms with Gasteiger partial charge in [0.15, 0.2) is 0 Å². The first-order valence-electron chi connectivity index (χ1n) is 7.40. The van der Waals surface area contributed by atoms with Crippen LogP contribution in [0.25, 0.3) is 0 Å². The van der Waals surface area contributed by atoms with Crippen LogP contribution in [-0.4, -0.2) is 23.1 Å². The number of nitrogen functional groups attached to an aromatic ring is 1. The van der Waals surface area contributed by atoms with E-state index in [4.69, 9.17) is 10.8 Å². The van der Waals surface area contributed by atoms with Crippen LogP contribution in [0.5, 0.6) is 0 Å². The third-order valence-corrected chi connectivity index (χ3v) is 4.34. The fourth-order valence-corrected chi connectivity index (χ4v) is 2.78. The van der Waals surface area contributed by atoms with Crippen molar-refractivity contribution < 1.29 is 0 Å². The summed E-state index contributed by atoms with van der Waals surface area (Å²) in [6, 6.07) is 1.97. The second kappa shape index (κ2) is 5.33. The van der Waals surface area contributed by atoms with E-state index in [-0.39, 0.29) is 0 Å². The minimum atomic E-state index is 0.556. The van der Waals surface area contributed by atoms with Gasteiger partial charge in [0, 0.05) is 25.1 Å². The first-order valence-corrected chi connectivity index (χ1v) is 7.40. The average molecular weight is 261 g/mol. The molecule has 0 aromatic carbocycles. The van der Waals surface area contributed by atoms with E-state index in [1.807, 2.05) is 6.07 Å². The first kappa shape index (κ1) is 12.7. The lowest BCUT2D eigenvalue weighted by Crippen LogP contribution is -2.34. The van der Waals surface area contributed by atoms with Gasteiger partial charge in [-0.2, -0.15) is 0 Å². The number of anilines is 2. The molecule has 1 aromatic rings. The summed E-state index contributed by atoms with van der Waals surface area (Å²) in [5, 5.41) is 0. The number of aromatic nitrogens is 2. The van der Waals surface area contributed by atoms with Crippen LogP contribution in [0.15, 0.2) is 6.07 Å². The second-order valence-corrected chi connectivity index (χ2v) is 5.73. The summed E-state index contributed by atoms with van der Waals surface area (Å²) in [5.41, 5.74) is 2.67. The zero-order chi connectivity index (χ0) is 13.2. The molecule has 104 valence electrons. The highest BCUT2D eigenvalue weighted by Gasteiger charge is 2.28. The van der Waals surface area contributed by atoms with Gasteiger partial charge in [-0.1, -0.05) is 13.3 Å². The second-order valence-electron chi connectivity index (χ2n) is 5.73. The molecular weight excluding hydrogens is 238 g/mol. The molecule has 1 aliphatic heterocycles. The van der Waals surface area contributed by atoms with Gasteiger partial charge in [-0.05, 0) is 31.6 Å². The fourth-order valence-electron chi connectivity index (χ4n) is 2.78. The predicted molar refractivity (Wildman–Crippen MR) is 77.0 cm³/mol. The minimum absolute atomic E-state index is 0.556. The van der Waals surface area contributed by atoms with E-state index in [1.54, 1.807) is 0 Å².